The largest absolute Gasteiger partial charge is 0.493 e. The molecule has 98 valence electrons. The Morgan fingerprint density at radius 1 is 1.16 bits per heavy atom. The minimum Gasteiger partial charge on any atom is -0.493 e. The molecule has 0 bridgehead atoms. The van der Waals surface area contributed by atoms with Gasteiger partial charge in [-0.1, -0.05) is 30.3 Å². The Morgan fingerprint density at radius 2 is 1.89 bits per heavy atom. The summed E-state index contributed by atoms with van der Waals surface area (Å²) in [5.41, 5.74) is 1.94. The highest BCUT2D eigenvalue weighted by atomic mass is 16.6. The molecule has 0 aliphatic carbocycles. The normalized spacial score (nSPS) is 10.2. The monoisotopic (exact) mass is 257 g/mol. The van der Waals surface area contributed by atoms with Gasteiger partial charge in [0.2, 0.25) is 0 Å². The van der Waals surface area contributed by atoms with Crippen molar-refractivity contribution in [3.63, 3.8) is 0 Å². The minimum atomic E-state index is -0.386. The van der Waals surface area contributed by atoms with Gasteiger partial charge < -0.3 is 4.74 Å². The molecule has 2 aromatic rings. The molecule has 19 heavy (non-hydrogen) atoms. The smallest absolute Gasteiger partial charge is 0.272 e. The number of aryl methyl sites for hydroxylation is 1. The third-order valence-corrected chi connectivity index (χ3v) is 2.87. The SMILES string of the molecule is Cc1cc(OCCc2ccccc2)ccc1[N+](=O)[O-]. The van der Waals surface area contributed by atoms with Crippen LogP contribution in [-0.4, -0.2) is 11.5 Å². The van der Waals surface area contributed by atoms with Gasteiger partial charge in [0.15, 0.2) is 0 Å². The van der Waals surface area contributed by atoms with E-state index >= 15 is 0 Å². The van der Waals surface area contributed by atoms with Gasteiger partial charge in [-0.25, -0.2) is 0 Å². The fraction of sp³-hybridized carbons (Fsp3) is 0.200. The quantitative estimate of drug-likeness (QED) is 0.608. The predicted octanol–water partition coefficient (Wildman–Crippen LogP) is 3.52. The zero-order valence-electron chi connectivity index (χ0n) is 10.7. The average molecular weight is 257 g/mol. The van der Waals surface area contributed by atoms with Gasteiger partial charge in [-0.3, -0.25) is 10.1 Å². The summed E-state index contributed by atoms with van der Waals surface area (Å²) in [6.07, 6.45) is 0.816. The lowest BCUT2D eigenvalue weighted by molar-refractivity contribution is -0.385. The summed E-state index contributed by atoms with van der Waals surface area (Å²) in [4.78, 5) is 10.3. The molecule has 2 rings (SSSR count). The first-order chi connectivity index (χ1) is 9.16. The van der Waals surface area contributed by atoms with Gasteiger partial charge in [-0.15, -0.1) is 0 Å². The van der Waals surface area contributed by atoms with E-state index in [0.717, 1.165) is 6.42 Å². The summed E-state index contributed by atoms with van der Waals surface area (Å²) >= 11 is 0. The van der Waals surface area contributed by atoms with Crippen molar-refractivity contribution in [3.05, 3.63) is 69.8 Å². The molecule has 0 spiro atoms. The van der Waals surface area contributed by atoms with E-state index in [1.807, 2.05) is 30.3 Å². The first kappa shape index (κ1) is 13.1. The number of benzene rings is 2. The number of nitro benzene ring substituents is 1. The molecule has 4 heteroatoms. The van der Waals surface area contributed by atoms with Crippen LogP contribution < -0.4 is 4.74 Å². The van der Waals surface area contributed by atoms with Crippen LogP contribution in [0.1, 0.15) is 11.1 Å². The van der Waals surface area contributed by atoms with E-state index in [0.29, 0.717) is 17.9 Å². The van der Waals surface area contributed by atoms with E-state index in [9.17, 15) is 10.1 Å². The van der Waals surface area contributed by atoms with Crippen molar-refractivity contribution in [2.24, 2.45) is 0 Å². The number of rotatable bonds is 5. The van der Waals surface area contributed by atoms with Crippen molar-refractivity contribution in [1.29, 1.82) is 0 Å². The van der Waals surface area contributed by atoms with Crippen molar-refractivity contribution in [2.75, 3.05) is 6.61 Å². The topological polar surface area (TPSA) is 52.4 Å². The third-order valence-electron chi connectivity index (χ3n) is 2.87. The number of hydrogen-bond donors (Lipinski definition) is 0. The lowest BCUT2D eigenvalue weighted by atomic mass is 10.2. The summed E-state index contributed by atoms with van der Waals surface area (Å²) < 4.78 is 5.60. The highest BCUT2D eigenvalue weighted by Crippen LogP contribution is 2.23. The molecule has 0 fully saturated rings. The molecule has 0 amide bonds. The molecular weight excluding hydrogens is 242 g/mol. The van der Waals surface area contributed by atoms with Crippen LogP contribution in [0.4, 0.5) is 5.69 Å². The predicted molar refractivity (Wildman–Crippen MR) is 73.5 cm³/mol. The van der Waals surface area contributed by atoms with Crippen LogP contribution in [0.3, 0.4) is 0 Å². The van der Waals surface area contributed by atoms with Gasteiger partial charge in [0.05, 0.1) is 11.5 Å². The average Bonchev–Trinajstić information content (AvgIpc) is 2.39. The van der Waals surface area contributed by atoms with E-state index in [-0.39, 0.29) is 10.6 Å². The molecular formula is C15H15NO3. The Morgan fingerprint density at radius 3 is 2.53 bits per heavy atom. The van der Waals surface area contributed by atoms with Crippen molar-refractivity contribution >= 4 is 5.69 Å². The lowest BCUT2D eigenvalue weighted by Crippen LogP contribution is -2.01. The van der Waals surface area contributed by atoms with Crippen molar-refractivity contribution in [3.8, 4) is 5.75 Å². The summed E-state index contributed by atoms with van der Waals surface area (Å²) in [6.45, 7) is 2.27. The van der Waals surface area contributed by atoms with Crippen LogP contribution in [0.15, 0.2) is 48.5 Å². The molecule has 4 nitrogen and oxygen atoms in total. The molecule has 0 aromatic heterocycles. The van der Waals surface area contributed by atoms with Crippen LogP contribution in [-0.2, 0) is 6.42 Å². The van der Waals surface area contributed by atoms with E-state index < -0.39 is 0 Å². The molecule has 0 aliphatic heterocycles. The third kappa shape index (κ3) is 3.55. The van der Waals surface area contributed by atoms with E-state index in [2.05, 4.69) is 0 Å². The number of ether oxygens (including phenoxy) is 1. The Bertz CT molecular complexity index is 567. The Balaban J connectivity index is 1.93. The second kappa shape index (κ2) is 6.00. The van der Waals surface area contributed by atoms with Crippen LogP contribution in [0, 0.1) is 17.0 Å². The second-order valence-electron chi connectivity index (χ2n) is 4.29. The van der Waals surface area contributed by atoms with E-state index in [1.54, 1.807) is 19.1 Å². The summed E-state index contributed by atoms with van der Waals surface area (Å²) in [5.74, 6) is 0.666. The van der Waals surface area contributed by atoms with E-state index in [4.69, 9.17) is 4.74 Å². The lowest BCUT2D eigenvalue weighted by Gasteiger charge is -2.07. The zero-order chi connectivity index (χ0) is 13.7. The Kier molecular flexibility index (Phi) is 4.13. The van der Waals surface area contributed by atoms with Gasteiger partial charge in [0.1, 0.15) is 5.75 Å². The summed E-state index contributed by atoms with van der Waals surface area (Å²) in [6, 6.07) is 14.9. The molecule has 0 aliphatic rings. The van der Waals surface area contributed by atoms with Gasteiger partial charge >= 0.3 is 0 Å². The second-order valence-corrected chi connectivity index (χ2v) is 4.29. The zero-order valence-corrected chi connectivity index (χ0v) is 10.7. The van der Waals surface area contributed by atoms with Gasteiger partial charge in [0.25, 0.3) is 5.69 Å². The highest BCUT2D eigenvalue weighted by molar-refractivity contribution is 5.44. The number of nitro groups is 1. The minimum absolute atomic E-state index is 0.121. The van der Waals surface area contributed by atoms with Gasteiger partial charge in [-0.05, 0) is 24.6 Å². The molecule has 2 aromatic carbocycles. The van der Waals surface area contributed by atoms with Gasteiger partial charge in [-0.2, -0.15) is 0 Å². The molecule has 0 heterocycles. The molecule has 0 radical (unpaired) electrons. The van der Waals surface area contributed by atoms with Crippen molar-refractivity contribution < 1.29 is 9.66 Å². The standard InChI is InChI=1S/C15H15NO3/c1-12-11-14(7-8-15(12)16(17)18)19-10-9-13-5-3-2-4-6-13/h2-8,11H,9-10H2,1H3. The van der Waals surface area contributed by atoms with Crippen molar-refractivity contribution in [2.45, 2.75) is 13.3 Å². The molecule has 0 saturated heterocycles. The molecule has 0 unspecified atom stereocenters. The van der Waals surface area contributed by atoms with Crippen LogP contribution in [0.5, 0.6) is 5.75 Å². The maximum Gasteiger partial charge on any atom is 0.272 e. The first-order valence-electron chi connectivity index (χ1n) is 6.08. The van der Waals surface area contributed by atoms with Crippen LogP contribution in [0.25, 0.3) is 0 Å². The summed E-state index contributed by atoms with van der Waals surface area (Å²) in [7, 11) is 0. The van der Waals surface area contributed by atoms with Crippen LogP contribution >= 0.6 is 0 Å². The molecule has 0 atom stereocenters. The fourth-order valence-electron chi connectivity index (χ4n) is 1.85. The highest BCUT2D eigenvalue weighted by Gasteiger charge is 2.10. The van der Waals surface area contributed by atoms with Crippen molar-refractivity contribution in [1.82, 2.24) is 0 Å². The molecule has 0 N–H and O–H groups in total. The van der Waals surface area contributed by atoms with Crippen LogP contribution in [0.2, 0.25) is 0 Å². The Hall–Kier alpha value is -2.36. The fourth-order valence-corrected chi connectivity index (χ4v) is 1.85. The first-order valence-corrected chi connectivity index (χ1v) is 6.08. The number of nitrogens with zero attached hydrogens (tertiary/aromatic N) is 1. The maximum atomic E-state index is 10.7. The number of hydrogen-bond acceptors (Lipinski definition) is 3. The van der Waals surface area contributed by atoms with Gasteiger partial charge in [0, 0.05) is 18.1 Å². The summed E-state index contributed by atoms with van der Waals surface area (Å²) in [5, 5.41) is 10.7. The maximum absolute atomic E-state index is 10.7. The Labute approximate surface area is 111 Å². The molecule has 0 saturated carbocycles. The van der Waals surface area contributed by atoms with E-state index in [1.165, 1.54) is 11.6 Å².